The van der Waals surface area contributed by atoms with Crippen molar-refractivity contribution in [3.8, 4) is 11.6 Å². The summed E-state index contributed by atoms with van der Waals surface area (Å²) in [7, 11) is 0. The zero-order chi connectivity index (χ0) is 10.8. The van der Waals surface area contributed by atoms with E-state index in [2.05, 4.69) is 14.7 Å². The van der Waals surface area contributed by atoms with Crippen LogP contribution in [-0.4, -0.2) is 27.9 Å². The lowest BCUT2D eigenvalue weighted by atomic mass is 10.5. The summed E-state index contributed by atoms with van der Waals surface area (Å²) in [6, 6.07) is 0. The monoisotopic (exact) mass is 208 g/mol. The molecule has 1 rings (SSSR count). The summed E-state index contributed by atoms with van der Waals surface area (Å²) in [5.74, 6) is -0.725. The third-order valence-corrected chi connectivity index (χ3v) is 1.25. The molecule has 0 saturated carbocycles. The first-order valence-corrected chi connectivity index (χ1v) is 3.60. The fourth-order valence-electron chi connectivity index (χ4n) is 0.708. The Kier molecular flexibility index (Phi) is 2.78. The van der Waals surface area contributed by atoms with E-state index < -0.39 is 18.7 Å². The maximum Gasteiger partial charge on any atom is 0.422 e. The van der Waals surface area contributed by atoms with Gasteiger partial charge in [-0.1, -0.05) is 0 Å². The summed E-state index contributed by atoms with van der Waals surface area (Å²) in [6.07, 6.45) is -3.46. The van der Waals surface area contributed by atoms with Crippen LogP contribution in [0.2, 0.25) is 0 Å². The Labute approximate surface area is 77.4 Å². The van der Waals surface area contributed by atoms with Crippen molar-refractivity contribution in [1.82, 2.24) is 9.97 Å². The lowest BCUT2D eigenvalue weighted by Gasteiger charge is -2.09. The van der Waals surface area contributed by atoms with Gasteiger partial charge in [0.2, 0.25) is 0 Å². The molecule has 0 bridgehead atoms. The second-order valence-electron chi connectivity index (χ2n) is 2.51. The molecule has 0 aliphatic heterocycles. The molecule has 0 fully saturated rings. The van der Waals surface area contributed by atoms with Crippen LogP contribution in [0.4, 0.5) is 13.2 Å². The number of halogens is 3. The molecule has 1 aromatic heterocycles. The Morgan fingerprint density at radius 2 is 2.14 bits per heavy atom. The highest BCUT2D eigenvalue weighted by Gasteiger charge is 2.29. The summed E-state index contributed by atoms with van der Waals surface area (Å²) in [5, 5.41) is 9.04. The SMILES string of the molecule is Cc1ncc(OCC(F)(F)F)c(O)n1. The van der Waals surface area contributed by atoms with Gasteiger partial charge in [-0.3, -0.25) is 0 Å². The molecule has 0 aliphatic carbocycles. The van der Waals surface area contributed by atoms with Crippen molar-refractivity contribution >= 4 is 0 Å². The smallest absolute Gasteiger partial charge is 0.422 e. The normalized spacial score (nSPS) is 11.4. The number of rotatable bonds is 2. The van der Waals surface area contributed by atoms with E-state index >= 15 is 0 Å². The van der Waals surface area contributed by atoms with Gasteiger partial charge >= 0.3 is 6.18 Å². The molecule has 1 heterocycles. The number of aromatic hydroxyl groups is 1. The Morgan fingerprint density at radius 3 is 2.64 bits per heavy atom. The molecular formula is C7H7F3N2O2. The predicted molar refractivity (Wildman–Crippen MR) is 40.0 cm³/mol. The maximum atomic E-state index is 11.7. The third-order valence-electron chi connectivity index (χ3n) is 1.25. The highest BCUT2D eigenvalue weighted by atomic mass is 19.4. The number of hydrogen-bond donors (Lipinski definition) is 1. The van der Waals surface area contributed by atoms with Crippen LogP contribution in [0.3, 0.4) is 0 Å². The Balaban J connectivity index is 2.68. The largest absolute Gasteiger partial charge is 0.491 e. The second kappa shape index (κ2) is 3.69. The van der Waals surface area contributed by atoms with E-state index in [-0.39, 0.29) is 11.6 Å². The molecular weight excluding hydrogens is 201 g/mol. The van der Waals surface area contributed by atoms with E-state index in [1.165, 1.54) is 6.92 Å². The van der Waals surface area contributed by atoms with E-state index in [0.29, 0.717) is 0 Å². The maximum absolute atomic E-state index is 11.7. The first-order valence-electron chi connectivity index (χ1n) is 3.60. The quantitative estimate of drug-likeness (QED) is 0.798. The molecule has 0 atom stereocenters. The van der Waals surface area contributed by atoms with Gasteiger partial charge in [0, 0.05) is 0 Å². The fourth-order valence-corrected chi connectivity index (χ4v) is 0.708. The fraction of sp³-hybridized carbons (Fsp3) is 0.429. The van der Waals surface area contributed by atoms with Crippen molar-refractivity contribution in [2.24, 2.45) is 0 Å². The first kappa shape index (κ1) is 10.6. The molecule has 1 N–H and O–H groups in total. The molecule has 7 heteroatoms. The lowest BCUT2D eigenvalue weighted by molar-refractivity contribution is -0.153. The molecule has 0 aliphatic rings. The van der Waals surface area contributed by atoms with Crippen LogP contribution in [0.5, 0.6) is 11.6 Å². The van der Waals surface area contributed by atoms with Gasteiger partial charge < -0.3 is 9.84 Å². The zero-order valence-corrected chi connectivity index (χ0v) is 7.17. The first-order chi connectivity index (χ1) is 6.38. The number of ether oxygens (including phenoxy) is 1. The molecule has 0 radical (unpaired) electrons. The standard InChI is InChI=1S/C7H7F3N2O2/c1-4-11-2-5(6(13)12-4)14-3-7(8,9)10/h2H,3H2,1H3,(H,11,12,13). The summed E-state index contributed by atoms with van der Waals surface area (Å²) < 4.78 is 39.4. The summed E-state index contributed by atoms with van der Waals surface area (Å²) in [5.41, 5.74) is 0. The number of alkyl halides is 3. The van der Waals surface area contributed by atoms with Gasteiger partial charge in [-0.05, 0) is 6.92 Å². The minimum Gasteiger partial charge on any atom is -0.491 e. The summed E-state index contributed by atoms with van der Waals surface area (Å²) in [4.78, 5) is 7.00. The van der Waals surface area contributed by atoms with Crippen molar-refractivity contribution in [2.45, 2.75) is 13.1 Å². The van der Waals surface area contributed by atoms with Gasteiger partial charge in [0.05, 0.1) is 6.20 Å². The van der Waals surface area contributed by atoms with Gasteiger partial charge in [-0.2, -0.15) is 18.2 Å². The van der Waals surface area contributed by atoms with Crippen LogP contribution >= 0.6 is 0 Å². The van der Waals surface area contributed by atoms with Crippen LogP contribution in [0.25, 0.3) is 0 Å². The van der Waals surface area contributed by atoms with Gasteiger partial charge in [0.15, 0.2) is 12.4 Å². The van der Waals surface area contributed by atoms with E-state index in [0.717, 1.165) is 6.20 Å². The second-order valence-corrected chi connectivity index (χ2v) is 2.51. The van der Waals surface area contributed by atoms with Crippen LogP contribution in [0, 0.1) is 6.92 Å². The molecule has 14 heavy (non-hydrogen) atoms. The summed E-state index contributed by atoms with van der Waals surface area (Å²) in [6.45, 7) is 0.0141. The van der Waals surface area contributed by atoms with Crippen LogP contribution in [0.1, 0.15) is 5.82 Å². The Hall–Kier alpha value is -1.53. The van der Waals surface area contributed by atoms with E-state index in [9.17, 15) is 13.2 Å². The van der Waals surface area contributed by atoms with Crippen LogP contribution < -0.4 is 4.74 Å². The Morgan fingerprint density at radius 1 is 1.50 bits per heavy atom. The van der Waals surface area contributed by atoms with Gasteiger partial charge in [0.25, 0.3) is 5.88 Å². The number of aryl methyl sites for hydroxylation is 1. The molecule has 0 unspecified atom stereocenters. The number of nitrogens with zero attached hydrogens (tertiary/aromatic N) is 2. The third kappa shape index (κ3) is 3.08. The van der Waals surface area contributed by atoms with Gasteiger partial charge in [-0.25, -0.2) is 4.98 Å². The lowest BCUT2D eigenvalue weighted by Crippen LogP contribution is -2.19. The van der Waals surface area contributed by atoms with Crippen molar-refractivity contribution in [3.05, 3.63) is 12.0 Å². The zero-order valence-electron chi connectivity index (χ0n) is 7.17. The van der Waals surface area contributed by atoms with Crippen molar-refractivity contribution < 1.29 is 23.0 Å². The minimum atomic E-state index is -4.45. The van der Waals surface area contributed by atoms with Crippen LogP contribution in [-0.2, 0) is 0 Å². The topological polar surface area (TPSA) is 55.2 Å². The highest BCUT2D eigenvalue weighted by Crippen LogP contribution is 2.24. The molecule has 0 saturated heterocycles. The van der Waals surface area contributed by atoms with Gasteiger partial charge in [0.1, 0.15) is 5.82 Å². The molecule has 0 spiro atoms. The molecule has 78 valence electrons. The van der Waals surface area contributed by atoms with Gasteiger partial charge in [-0.15, -0.1) is 0 Å². The minimum absolute atomic E-state index is 0.252. The average Bonchev–Trinajstić information content (AvgIpc) is 2.00. The van der Waals surface area contributed by atoms with Crippen LogP contribution in [0.15, 0.2) is 6.20 Å². The van der Waals surface area contributed by atoms with Crippen molar-refractivity contribution in [2.75, 3.05) is 6.61 Å². The molecule has 4 nitrogen and oxygen atoms in total. The number of hydrogen-bond acceptors (Lipinski definition) is 4. The molecule has 0 aromatic carbocycles. The number of aromatic nitrogens is 2. The average molecular weight is 208 g/mol. The molecule has 0 amide bonds. The van der Waals surface area contributed by atoms with E-state index in [1.54, 1.807) is 0 Å². The Bertz CT molecular complexity index is 327. The predicted octanol–water partition coefficient (Wildman–Crippen LogP) is 1.43. The van der Waals surface area contributed by atoms with Crippen molar-refractivity contribution in [3.63, 3.8) is 0 Å². The van der Waals surface area contributed by atoms with E-state index in [1.807, 2.05) is 0 Å². The van der Waals surface area contributed by atoms with Crippen molar-refractivity contribution in [1.29, 1.82) is 0 Å². The highest BCUT2D eigenvalue weighted by molar-refractivity contribution is 5.29. The molecule has 1 aromatic rings. The van der Waals surface area contributed by atoms with E-state index in [4.69, 9.17) is 5.11 Å². The summed E-state index contributed by atoms with van der Waals surface area (Å²) >= 11 is 0.